The Bertz CT molecular complexity index is 787. The third kappa shape index (κ3) is 3.47. The highest BCUT2D eigenvalue weighted by atomic mass is 32.2. The number of hydrogen-bond donors (Lipinski definition) is 1. The minimum atomic E-state index is -3.59. The van der Waals surface area contributed by atoms with Crippen LogP contribution < -0.4 is 19.9 Å². The molecule has 0 fully saturated rings. The van der Waals surface area contributed by atoms with Gasteiger partial charge in [-0.05, 0) is 42.0 Å². The highest BCUT2D eigenvalue weighted by Crippen LogP contribution is 2.34. The molecular formula is C17H22NO5S+. The molecule has 0 heterocycles. The van der Waals surface area contributed by atoms with Crippen LogP contribution in [-0.4, -0.2) is 36.3 Å². The van der Waals surface area contributed by atoms with Crippen LogP contribution in [0.5, 0.6) is 17.2 Å². The molecule has 130 valence electrons. The summed E-state index contributed by atoms with van der Waals surface area (Å²) in [5.74, 6) is 1.63. The minimum absolute atomic E-state index is 0.198. The van der Waals surface area contributed by atoms with Crippen molar-refractivity contribution in [3.63, 3.8) is 0 Å². The van der Waals surface area contributed by atoms with Crippen LogP contribution in [0, 0.1) is 0 Å². The van der Waals surface area contributed by atoms with Crippen molar-refractivity contribution in [1.29, 1.82) is 0 Å². The summed E-state index contributed by atoms with van der Waals surface area (Å²) in [5.41, 5.74) is 4.42. The SMILES string of the molecule is COc1ccc(S(=O)(=O)[C@H](C[NH3+])c2ccc(OC)c(OC)c2)cc1. The lowest BCUT2D eigenvalue weighted by Crippen LogP contribution is -2.54. The fraction of sp³-hybridized carbons (Fsp3) is 0.294. The average Bonchev–Trinajstić information content (AvgIpc) is 2.62. The summed E-state index contributed by atoms with van der Waals surface area (Å²) in [6.45, 7) is 0.198. The maximum absolute atomic E-state index is 13.0. The van der Waals surface area contributed by atoms with Crippen molar-refractivity contribution in [3.05, 3.63) is 48.0 Å². The summed E-state index contributed by atoms with van der Waals surface area (Å²) in [7, 11) is 0.990. The second-order valence-corrected chi connectivity index (χ2v) is 7.24. The zero-order valence-electron chi connectivity index (χ0n) is 14.0. The Morgan fingerprint density at radius 2 is 1.54 bits per heavy atom. The zero-order valence-corrected chi connectivity index (χ0v) is 14.8. The topological polar surface area (TPSA) is 89.5 Å². The molecule has 3 N–H and O–H groups in total. The van der Waals surface area contributed by atoms with Crippen molar-refractivity contribution in [3.8, 4) is 17.2 Å². The second-order valence-electron chi connectivity index (χ2n) is 5.11. The van der Waals surface area contributed by atoms with Gasteiger partial charge in [0.05, 0.1) is 32.8 Å². The molecule has 2 aromatic carbocycles. The molecule has 0 bridgehead atoms. The molecular weight excluding hydrogens is 330 g/mol. The minimum Gasteiger partial charge on any atom is -0.497 e. The van der Waals surface area contributed by atoms with E-state index in [0.29, 0.717) is 22.8 Å². The van der Waals surface area contributed by atoms with Crippen molar-refractivity contribution < 1.29 is 28.4 Å². The summed E-state index contributed by atoms with van der Waals surface area (Å²) in [6, 6.07) is 11.4. The summed E-state index contributed by atoms with van der Waals surface area (Å²) < 4.78 is 41.5. The van der Waals surface area contributed by atoms with E-state index in [0.717, 1.165) is 0 Å². The first-order valence-corrected chi connectivity index (χ1v) is 8.91. The smallest absolute Gasteiger partial charge is 0.190 e. The lowest BCUT2D eigenvalue weighted by molar-refractivity contribution is -0.367. The third-order valence-corrected chi connectivity index (χ3v) is 5.99. The van der Waals surface area contributed by atoms with Gasteiger partial charge in [-0.1, -0.05) is 6.07 Å². The van der Waals surface area contributed by atoms with Gasteiger partial charge >= 0.3 is 0 Å². The Hall–Kier alpha value is -2.25. The maximum atomic E-state index is 13.0. The zero-order chi connectivity index (χ0) is 17.7. The van der Waals surface area contributed by atoms with Crippen LogP contribution in [0.4, 0.5) is 0 Å². The molecule has 24 heavy (non-hydrogen) atoms. The Kier molecular flexibility index (Phi) is 5.69. The molecule has 0 saturated carbocycles. The van der Waals surface area contributed by atoms with Crippen LogP contribution in [0.2, 0.25) is 0 Å². The van der Waals surface area contributed by atoms with Gasteiger partial charge in [0.25, 0.3) is 0 Å². The van der Waals surface area contributed by atoms with Gasteiger partial charge < -0.3 is 19.9 Å². The van der Waals surface area contributed by atoms with Crippen LogP contribution in [0.3, 0.4) is 0 Å². The highest BCUT2D eigenvalue weighted by Gasteiger charge is 2.30. The van der Waals surface area contributed by atoms with Gasteiger partial charge in [-0.3, -0.25) is 0 Å². The molecule has 0 unspecified atom stereocenters. The molecule has 0 spiro atoms. The lowest BCUT2D eigenvalue weighted by atomic mass is 10.1. The summed E-state index contributed by atoms with van der Waals surface area (Å²) >= 11 is 0. The van der Waals surface area contributed by atoms with E-state index in [9.17, 15) is 8.42 Å². The molecule has 0 aliphatic heterocycles. The number of methoxy groups -OCH3 is 3. The predicted octanol–water partition coefficient (Wildman–Crippen LogP) is 1.47. The average molecular weight is 352 g/mol. The third-order valence-electron chi connectivity index (χ3n) is 3.80. The van der Waals surface area contributed by atoms with Crippen LogP contribution in [0.25, 0.3) is 0 Å². The molecule has 2 rings (SSSR count). The van der Waals surface area contributed by atoms with E-state index < -0.39 is 15.1 Å². The fourth-order valence-electron chi connectivity index (χ4n) is 2.48. The van der Waals surface area contributed by atoms with E-state index in [4.69, 9.17) is 14.2 Å². The van der Waals surface area contributed by atoms with Crippen molar-refractivity contribution >= 4 is 9.84 Å². The molecule has 7 heteroatoms. The number of benzene rings is 2. The van der Waals surface area contributed by atoms with Gasteiger partial charge in [0.15, 0.2) is 21.3 Å². The highest BCUT2D eigenvalue weighted by molar-refractivity contribution is 7.91. The quantitative estimate of drug-likeness (QED) is 0.815. The Morgan fingerprint density at radius 3 is 2.04 bits per heavy atom. The van der Waals surface area contributed by atoms with E-state index in [1.54, 1.807) is 30.3 Å². The molecule has 6 nitrogen and oxygen atoms in total. The molecule has 1 atom stereocenters. The molecule has 0 aliphatic carbocycles. The molecule has 0 radical (unpaired) electrons. The van der Waals surface area contributed by atoms with Crippen molar-refractivity contribution in [2.75, 3.05) is 27.9 Å². The van der Waals surface area contributed by atoms with E-state index in [-0.39, 0.29) is 11.4 Å². The van der Waals surface area contributed by atoms with Crippen LogP contribution in [0.1, 0.15) is 10.8 Å². The van der Waals surface area contributed by atoms with Gasteiger partial charge in [-0.2, -0.15) is 0 Å². The van der Waals surface area contributed by atoms with Gasteiger partial charge in [-0.15, -0.1) is 0 Å². The van der Waals surface area contributed by atoms with Crippen LogP contribution in [-0.2, 0) is 9.84 Å². The van der Waals surface area contributed by atoms with Gasteiger partial charge in [0.1, 0.15) is 11.0 Å². The van der Waals surface area contributed by atoms with Crippen molar-refractivity contribution in [1.82, 2.24) is 0 Å². The van der Waals surface area contributed by atoms with Crippen LogP contribution in [0.15, 0.2) is 47.4 Å². The van der Waals surface area contributed by atoms with Crippen molar-refractivity contribution in [2.24, 2.45) is 0 Å². The van der Waals surface area contributed by atoms with Gasteiger partial charge in [-0.25, -0.2) is 8.42 Å². The summed E-state index contributed by atoms with van der Waals surface area (Å²) in [5, 5.41) is -0.772. The van der Waals surface area contributed by atoms with Crippen LogP contribution >= 0.6 is 0 Å². The fourth-order valence-corrected chi connectivity index (χ4v) is 4.14. The van der Waals surface area contributed by atoms with E-state index >= 15 is 0 Å². The first-order chi connectivity index (χ1) is 11.5. The molecule has 0 amide bonds. The number of quaternary nitrogens is 1. The molecule has 0 aromatic heterocycles. The lowest BCUT2D eigenvalue weighted by Gasteiger charge is -2.17. The Labute approximate surface area is 142 Å². The monoisotopic (exact) mass is 352 g/mol. The van der Waals surface area contributed by atoms with Crippen molar-refractivity contribution in [2.45, 2.75) is 10.1 Å². The molecule has 0 aliphatic rings. The molecule has 0 saturated heterocycles. The van der Waals surface area contributed by atoms with Gasteiger partial charge in [0, 0.05) is 0 Å². The predicted molar refractivity (Wildman–Crippen MR) is 90.2 cm³/mol. The first-order valence-electron chi connectivity index (χ1n) is 7.37. The van der Waals surface area contributed by atoms with E-state index in [2.05, 4.69) is 5.73 Å². The van der Waals surface area contributed by atoms with Gasteiger partial charge in [0.2, 0.25) is 0 Å². The number of hydrogen-bond acceptors (Lipinski definition) is 5. The summed E-state index contributed by atoms with van der Waals surface area (Å²) in [4.78, 5) is 0.228. The maximum Gasteiger partial charge on any atom is 0.190 e. The normalized spacial score (nSPS) is 12.5. The summed E-state index contributed by atoms with van der Waals surface area (Å²) in [6.07, 6.45) is 0. The Balaban J connectivity index is 2.45. The number of sulfone groups is 1. The van der Waals surface area contributed by atoms with E-state index in [1.807, 2.05) is 0 Å². The largest absolute Gasteiger partial charge is 0.497 e. The van der Waals surface area contributed by atoms with E-state index in [1.165, 1.54) is 33.5 Å². The standard InChI is InChI=1S/C17H21NO5S/c1-21-13-5-7-14(8-6-13)24(19,20)17(11-18)12-4-9-15(22-2)16(10-12)23-3/h4-10,17H,11,18H2,1-3H3/p+1/t17-/m1/s1. The molecule has 2 aromatic rings. The Morgan fingerprint density at radius 1 is 0.917 bits per heavy atom. The number of rotatable bonds is 7. The second kappa shape index (κ2) is 7.55. The number of ether oxygens (including phenoxy) is 3. The first kappa shape index (κ1) is 18.1.